The van der Waals surface area contributed by atoms with E-state index in [1.165, 1.54) is 51.4 Å². The zero-order valence-electron chi connectivity index (χ0n) is 10.8. The highest BCUT2D eigenvalue weighted by atomic mass is 14.4. The third kappa shape index (κ3) is 2.56. The lowest BCUT2D eigenvalue weighted by atomic mass is 9.84. The summed E-state index contributed by atoms with van der Waals surface area (Å²) >= 11 is 0. The molecule has 3 rings (SSSR count). The molecule has 17 heavy (non-hydrogen) atoms. The molecule has 0 aromatic heterocycles. The Hall–Kier alpha value is -0.780. The van der Waals surface area contributed by atoms with Gasteiger partial charge in [0.1, 0.15) is 0 Å². The molecule has 0 spiro atoms. The number of benzene rings is 1. The maximum atomic E-state index is 2.34. The van der Waals surface area contributed by atoms with E-state index < -0.39 is 0 Å². The first-order valence-electron chi connectivity index (χ1n) is 7.48. The highest BCUT2D eigenvalue weighted by Gasteiger charge is 2.34. The third-order valence-electron chi connectivity index (χ3n) is 5.01. The minimum Gasteiger partial charge on any atom is -0.0622 e. The first-order chi connectivity index (χ1) is 8.43. The van der Waals surface area contributed by atoms with E-state index in [2.05, 4.69) is 30.3 Å². The lowest BCUT2D eigenvalue weighted by Gasteiger charge is -2.21. The predicted molar refractivity (Wildman–Crippen MR) is 73.1 cm³/mol. The summed E-state index contributed by atoms with van der Waals surface area (Å²) in [5, 5.41) is 0. The van der Waals surface area contributed by atoms with Gasteiger partial charge in [0.15, 0.2) is 0 Å². The number of fused-ring (bicyclic) bond motifs is 1. The van der Waals surface area contributed by atoms with Crippen molar-refractivity contribution in [2.45, 2.75) is 57.3 Å². The average molecular weight is 228 g/mol. The second-order valence-corrected chi connectivity index (χ2v) is 6.09. The molecule has 0 nitrogen and oxygen atoms in total. The number of hydrogen-bond donors (Lipinski definition) is 0. The van der Waals surface area contributed by atoms with Crippen molar-refractivity contribution < 1.29 is 0 Å². The molecule has 0 heterocycles. The van der Waals surface area contributed by atoms with Crippen LogP contribution in [0.3, 0.4) is 0 Å². The van der Waals surface area contributed by atoms with Gasteiger partial charge in [-0.05, 0) is 36.2 Å². The molecule has 2 atom stereocenters. The molecule has 2 aliphatic rings. The van der Waals surface area contributed by atoms with E-state index in [0.29, 0.717) is 0 Å². The van der Waals surface area contributed by atoms with Crippen LogP contribution in [0.2, 0.25) is 0 Å². The maximum absolute atomic E-state index is 2.34. The van der Waals surface area contributed by atoms with Crippen molar-refractivity contribution in [3.8, 4) is 0 Å². The number of hydrogen-bond acceptors (Lipinski definition) is 0. The molecule has 0 aliphatic heterocycles. The first-order valence-corrected chi connectivity index (χ1v) is 7.48. The Morgan fingerprint density at radius 1 is 0.706 bits per heavy atom. The van der Waals surface area contributed by atoms with E-state index in [1.807, 2.05) is 0 Å². The SMILES string of the molecule is c1ccc(C2CC3CCCCCCC3C2)cc1. The molecule has 92 valence electrons. The van der Waals surface area contributed by atoms with E-state index in [9.17, 15) is 0 Å². The van der Waals surface area contributed by atoms with E-state index in [1.54, 1.807) is 5.56 Å². The predicted octanol–water partition coefficient (Wildman–Crippen LogP) is 5.15. The topological polar surface area (TPSA) is 0 Å². The maximum Gasteiger partial charge on any atom is -0.0156 e. The summed E-state index contributed by atoms with van der Waals surface area (Å²) in [4.78, 5) is 0. The number of rotatable bonds is 1. The molecule has 1 aromatic rings. The Kier molecular flexibility index (Phi) is 3.49. The van der Waals surface area contributed by atoms with Crippen LogP contribution in [0.1, 0.15) is 62.8 Å². The van der Waals surface area contributed by atoms with Crippen LogP contribution in [0.4, 0.5) is 0 Å². The Balaban J connectivity index is 1.70. The van der Waals surface area contributed by atoms with Gasteiger partial charge in [0, 0.05) is 0 Å². The van der Waals surface area contributed by atoms with Crippen LogP contribution >= 0.6 is 0 Å². The van der Waals surface area contributed by atoms with Gasteiger partial charge < -0.3 is 0 Å². The van der Waals surface area contributed by atoms with Crippen LogP contribution in [-0.2, 0) is 0 Å². The van der Waals surface area contributed by atoms with Gasteiger partial charge >= 0.3 is 0 Å². The van der Waals surface area contributed by atoms with Crippen molar-refractivity contribution in [2.75, 3.05) is 0 Å². The smallest absolute Gasteiger partial charge is 0.0156 e. The first kappa shape index (κ1) is 11.3. The fourth-order valence-corrected chi connectivity index (χ4v) is 4.08. The van der Waals surface area contributed by atoms with Gasteiger partial charge in [0.25, 0.3) is 0 Å². The van der Waals surface area contributed by atoms with Crippen LogP contribution in [0, 0.1) is 11.8 Å². The Labute approximate surface area is 105 Å². The fraction of sp³-hybridized carbons (Fsp3) is 0.647. The van der Waals surface area contributed by atoms with Crippen molar-refractivity contribution >= 4 is 0 Å². The quantitative estimate of drug-likeness (QED) is 0.623. The van der Waals surface area contributed by atoms with Crippen molar-refractivity contribution in [2.24, 2.45) is 11.8 Å². The van der Waals surface area contributed by atoms with Crippen LogP contribution in [0.5, 0.6) is 0 Å². The Morgan fingerprint density at radius 3 is 1.88 bits per heavy atom. The molecule has 2 saturated carbocycles. The van der Waals surface area contributed by atoms with E-state index in [-0.39, 0.29) is 0 Å². The Morgan fingerprint density at radius 2 is 1.29 bits per heavy atom. The van der Waals surface area contributed by atoms with Crippen molar-refractivity contribution in [1.29, 1.82) is 0 Å². The second kappa shape index (κ2) is 5.25. The monoisotopic (exact) mass is 228 g/mol. The van der Waals surface area contributed by atoms with Gasteiger partial charge in [-0.3, -0.25) is 0 Å². The minimum atomic E-state index is 0.865. The van der Waals surface area contributed by atoms with Crippen LogP contribution in [0.15, 0.2) is 30.3 Å². The fourth-order valence-electron chi connectivity index (χ4n) is 4.08. The molecule has 0 bridgehead atoms. The summed E-state index contributed by atoms with van der Waals surface area (Å²) in [6.45, 7) is 0. The summed E-state index contributed by atoms with van der Waals surface area (Å²) in [7, 11) is 0. The second-order valence-electron chi connectivity index (χ2n) is 6.09. The molecular formula is C17H24. The van der Waals surface area contributed by atoms with Crippen molar-refractivity contribution in [3.63, 3.8) is 0 Å². The summed E-state index contributed by atoms with van der Waals surface area (Å²) in [6, 6.07) is 11.2. The molecule has 2 aliphatic carbocycles. The van der Waals surface area contributed by atoms with E-state index in [0.717, 1.165) is 17.8 Å². The normalized spacial score (nSPS) is 33.8. The molecule has 0 amide bonds. The zero-order valence-corrected chi connectivity index (χ0v) is 10.8. The van der Waals surface area contributed by atoms with Gasteiger partial charge in [0.2, 0.25) is 0 Å². The third-order valence-corrected chi connectivity index (χ3v) is 5.01. The molecular weight excluding hydrogens is 204 g/mol. The van der Waals surface area contributed by atoms with Crippen LogP contribution in [0.25, 0.3) is 0 Å². The molecule has 0 saturated heterocycles. The van der Waals surface area contributed by atoms with E-state index >= 15 is 0 Å². The lowest BCUT2D eigenvalue weighted by Crippen LogP contribution is -2.09. The molecule has 1 aromatic carbocycles. The summed E-state index contributed by atoms with van der Waals surface area (Å²) in [6.07, 6.45) is 11.9. The van der Waals surface area contributed by atoms with Crippen LogP contribution in [-0.4, -0.2) is 0 Å². The largest absolute Gasteiger partial charge is 0.0622 e. The van der Waals surface area contributed by atoms with Gasteiger partial charge in [0.05, 0.1) is 0 Å². The highest BCUT2D eigenvalue weighted by molar-refractivity contribution is 5.21. The van der Waals surface area contributed by atoms with Gasteiger partial charge in [-0.1, -0.05) is 68.9 Å². The molecule has 2 unspecified atom stereocenters. The highest BCUT2D eigenvalue weighted by Crippen LogP contribution is 2.47. The average Bonchev–Trinajstić information content (AvgIpc) is 2.73. The zero-order chi connectivity index (χ0) is 11.5. The van der Waals surface area contributed by atoms with E-state index in [4.69, 9.17) is 0 Å². The lowest BCUT2D eigenvalue weighted by molar-refractivity contribution is 0.301. The molecule has 0 heteroatoms. The molecule has 0 N–H and O–H groups in total. The van der Waals surface area contributed by atoms with Crippen LogP contribution < -0.4 is 0 Å². The standard InChI is InChI=1S/C17H24/c1-2-5-11-16-13-17(12-15(16)10-4-1)14-8-6-3-7-9-14/h3,6-9,15-17H,1-2,4-5,10-13H2. The summed E-state index contributed by atoms with van der Waals surface area (Å²) < 4.78 is 0. The van der Waals surface area contributed by atoms with Gasteiger partial charge in [-0.15, -0.1) is 0 Å². The summed E-state index contributed by atoms with van der Waals surface area (Å²) in [5.74, 6) is 2.95. The Bertz CT molecular complexity index is 324. The van der Waals surface area contributed by atoms with Gasteiger partial charge in [-0.2, -0.15) is 0 Å². The van der Waals surface area contributed by atoms with Crippen molar-refractivity contribution in [3.05, 3.63) is 35.9 Å². The molecule has 2 fully saturated rings. The minimum absolute atomic E-state index is 0.865. The molecule has 0 radical (unpaired) electrons. The van der Waals surface area contributed by atoms with Gasteiger partial charge in [-0.25, -0.2) is 0 Å². The summed E-state index contributed by atoms with van der Waals surface area (Å²) in [5.41, 5.74) is 1.60. The van der Waals surface area contributed by atoms with Crippen molar-refractivity contribution in [1.82, 2.24) is 0 Å².